The molecule has 0 aliphatic carbocycles. The highest BCUT2D eigenvalue weighted by Gasteiger charge is 2.23. The normalized spacial score (nSPS) is 11.8. The summed E-state index contributed by atoms with van der Waals surface area (Å²) in [5.41, 5.74) is 0.982. The molecule has 0 aliphatic heterocycles. The molecular formula is C9H11Cl2NO3S. The highest BCUT2D eigenvalue weighted by atomic mass is 35.5. The standard InChI is InChI=1S/C9H11Cl2NO3S/c1-5-4-7(10)6(2)9(8(5)11)16(13,14)12-15-3/h4,12H,1-3H3. The molecule has 0 aromatic heterocycles. The van der Waals surface area contributed by atoms with Crippen LogP contribution in [-0.4, -0.2) is 15.5 Å². The third-order valence-electron chi connectivity index (χ3n) is 2.05. The molecule has 0 atom stereocenters. The Bertz CT molecular complexity index is 488. The van der Waals surface area contributed by atoms with Gasteiger partial charge in [0.2, 0.25) is 0 Å². The molecule has 0 radical (unpaired) electrons. The Balaban J connectivity index is 3.56. The van der Waals surface area contributed by atoms with Crippen molar-refractivity contribution in [2.75, 3.05) is 7.11 Å². The number of hydrogen-bond acceptors (Lipinski definition) is 3. The second kappa shape index (κ2) is 4.89. The second-order valence-electron chi connectivity index (χ2n) is 3.23. The third kappa shape index (κ3) is 2.49. The van der Waals surface area contributed by atoms with Crippen LogP contribution in [0.4, 0.5) is 0 Å². The van der Waals surface area contributed by atoms with Gasteiger partial charge in [-0.15, -0.1) is 0 Å². The first kappa shape index (κ1) is 13.7. The van der Waals surface area contributed by atoms with E-state index in [-0.39, 0.29) is 9.92 Å². The van der Waals surface area contributed by atoms with E-state index in [0.717, 1.165) is 0 Å². The lowest BCUT2D eigenvalue weighted by atomic mass is 10.2. The molecule has 1 aromatic rings. The largest absolute Gasteiger partial charge is 0.290 e. The fourth-order valence-corrected chi connectivity index (χ4v) is 3.31. The van der Waals surface area contributed by atoms with Crippen LogP contribution >= 0.6 is 23.2 Å². The molecule has 16 heavy (non-hydrogen) atoms. The summed E-state index contributed by atoms with van der Waals surface area (Å²) in [6.07, 6.45) is 0. The van der Waals surface area contributed by atoms with Crippen molar-refractivity contribution in [3.05, 3.63) is 27.2 Å². The van der Waals surface area contributed by atoms with Gasteiger partial charge in [-0.25, -0.2) is 8.42 Å². The van der Waals surface area contributed by atoms with E-state index in [2.05, 4.69) is 4.84 Å². The average Bonchev–Trinajstić information content (AvgIpc) is 2.14. The maximum atomic E-state index is 11.8. The first-order valence-corrected chi connectivity index (χ1v) is 6.55. The molecule has 0 aliphatic rings. The minimum atomic E-state index is -3.81. The van der Waals surface area contributed by atoms with Crippen molar-refractivity contribution in [1.82, 2.24) is 4.89 Å². The van der Waals surface area contributed by atoms with Crippen LogP contribution in [0.25, 0.3) is 0 Å². The van der Waals surface area contributed by atoms with Gasteiger partial charge >= 0.3 is 0 Å². The van der Waals surface area contributed by atoms with E-state index < -0.39 is 10.0 Å². The van der Waals surface area contributed by atoms with E-state index in [1.54, 1.807) is 19.9 Å². The van der Waals surface area contributed by atoms with Crippen LogP contribution in [0.3, 0.4) is 0 Å². The lowest BCUT2D eigenvalue weighted by Gasteiger charge is -2.12. The molecule has 0 unspecified atom stereocenters. The van der Waals surface area contributed by atoms with E-state index in [4.69, 9.17) is 23.2 Å². The van der Waals surface area contributed by atoms with E-state index in [1.165, 1.54) is 7.11 Å². The minimum absolute atomic E-state index is 0.0546. The summed E-state index contributed by atoms with van der Waals surface area (Å²) in [6, 6.07) is 1.62. The summed E-state index contributed by atoms with van der Waals surface area (Å²) in [7, 11) is -2.60. The zero-order valence-corrected chi connectivity index (χ0v) is 11.3. The molecular weight excluding hydrogens is 273 g/mol. The molecule has 0 saturated heterocycles. The molecule has 1 N–H and O–H groups in total. The molecule has 90 valence electrons. The Kier molecular flexibility index (Phi) is 4.20. The van der Waals surface area contributed by atoms with Crippen LogP contribution in [0.15, 0.2) is 11.0 Å². The molecule has 1 rings (SSSR count). The topological polar surface area (TPSA) is 55.4 Å². The van der Waals surface area contributed by atoms with Gasteiger partial charge in [-0.1, -0.05) is 28.1 Å². The van der Waals surface area contributed by atoms with Crippen molar-refractivity contribution < 1.29 is 13.3 Å². The Labute approximate surface area is 105 Å². The van der Waals surface area contributed by atoms with Crippen molar-refractivity contribution in [2.45, 2.75) is 18.7 Å². The van der Waals surface area contributed by atoms with Crippen molar-refractivity contribution in [1.29, 1.82) is 0 Å². The highest BCUT2D eigenvalue weighted by molar-refractivity contribution is 7.89. The number of rotatable bonds is 3. The molecule has 0 fully saturated rings. The summed E-state index contributed by atoms with van der Waals surface area (Å²) in [5, 5.41) is 0.491. The van der Waals surface area contributed by atoms with Gasteiger partial charge in [0.05, 0.1) is 12.1 Å². The van der Waals surface area contributed by atoms with Gasteiger partial charge in [-0.2, -0.15) is 0 Å². The predicted octanol–water partition coefficient (Wildman–Crippen LogP) is 2.45. The Hall–Kier alpha value is -0.330. The summed E-state index contributed by atoms with van der Waals surface area (Å²) >= 11 is 11.9. The van der Waals surface area contributed by atoms with Crippen molar-refractivity contribution in [3.63, 3.8) is 0 Å². The lowest BCUT2D eigenvalue weighted by Crippen LogP contribution is -2.23. The van der Waals surface area contributed by atoms with Crippen LogP contribution in [0, 0.1) is 13.8 Å². The van der Waals surface area contributed by atoms with Gasteiger partial charge in [-0.05, 0) is 31.0 Å². The van der Waals surface area contributed by atoms with Crippen molar-refractivity contribution in [2.24, 2.45) is 0 Å². The minimum Gasteiger partial charge on any atom is -0.290 e. The van der Waals surface area contributed by atoms with Crippen molar-refractivity contribution in [3.8, 4) is 0 Å². The molecule has 0 amide bonds. The van der Waals surface area contributed by atoms with Crippen LogP contribution in [0.2, 0.25) is 10.0 Å². The number of aryl methyl sites for hydroxylation is 1. The smallest absolute Gasteiger partial charge is 0.264 e. The Morgan fingerprint density at radius 3 is 2.38 bits per heavy atom. The third-order valence-corrected chi connectivity index (χ3v) is 4.47. The summed E-state index contributed by atoms with van der Waals surface area (Å²) in [6.45, 7) is 3.26. The van der Waals surface area contributed by atoms with Gasteiger partial charge in [0, 0.05) is 5.02 Å². The molecule has 7 heteroatoms. The van der Waals surface area contributed by atoms with Gasteiger partial charge in [0.25, 0.3) is 10.0 Å². The Morgan fingerprint density at radius 2 is 1.88 bits per heavy atom. The quantitative estimate of drug-likeness (QED) is 0.867. The van der Waals surface area contributed by atoms with Gasteiger partial charge < -0.3 is 0 Å². The number of hydrogen-bond donors (Lipinski definition) is 1. The zero-order chi connectivity index (χ0) is 12.5. The molecule has 0 saturated carbocycles. The van der Waals surface area contributed by atoms with E-state index in [1.807, 2.05) is 4.89 Å². The number of nitrogens with one attached hydrogen (secondary N) is 1. The zero-order valence-electron chi connectivity index (χ0n) is 8.97. The maximum Gasteiger partial charge on any atom is 0.264 e. The van der Waals surface area contributed by atoms with Gasteiger partial charge in [0.1, 0.15) is 4.90 Å². The van der Waals surface area contributed by atoms with E-state index in [0.29, 0.717) is 16.1 Å². The molecule has 0 heterocycles. The van der Waals surface area contributed by atoms with Crippen LogP contribution in [0.1, 0.15) is 11.1 Å². The molecule has 0 bridgehead atoms. The van der Waals surface area contributed by atoms with Crippen LogP contribution in [-0.2, 0) is 14.9 Å². The highest BCUT2D eigenvalue weighted by Crippen LogP contribution is 2.33. The second-order valence-corrected chi connectivity index (χ2v) is 5.60. The van der Waals surface area contributed by atoms with Crippen molar-refractivity contribution >= 4 is 33.2 Å². The summed E-state index contributed by atoms with van der Waals surface area (Å²) in [4.78, 5) is 6.26. The fourth-order valence-electron chi connectivity index (χ4n) is 1.28. The molecule has 0 spiro atoms. The summed E-state index contributed by atoms with van der Waals surface area (Å²) in [5.74, 6) is 0. The van der Waals surface area contributed by atoms with Gasteiger partial charge in [0.15, 0.2) is 0 Å². The number of sulfonamides is 1. The van der Waals surface area contributed by atoms with Gasteiger partial charge in [-0.3, -0.25) is 4.84 Å². The lowest BCUT2D eigenvalue weighted by molar-refractivity contribution is 0.153. The monoisotopic (exact) mass is 283 g/mol. The first-order chi connectivity index (χ1) is 7.31. The van der Waals surface area contributed by atoms with Crippen LogP contribution in [0.5, 0.6) is 0 Å². The fraction of sp³-hybridized carbons (Fsp3) is 0.333. The molecule has 4 nitrogen and oxygen atoms in total. The predicted molar refractivity (Wildman–Crippen MR) is 63.3 cm³/mol. The number of halogens is 2. The number of benzene rings is 1. The van der Waals surface area contributed by atoms with Crippen LogP contribution < -0.4 is 4.89 Å². The first-order valence-electron chi connectivity index (χ1n) is 4.31. The SMILES string of the molecule is CONS(=O)(=O)c1c(C)c(Cl)cc(C)c1Cl. The average molecular weight is 284 g/mol. The molecule has 1 aromatic carbocycles. The summed E-state index contributed by atoms with van der Waals surface area (Å²) < 4.78 is 23.6. The van der Waals surface area contributed by atoms with E-state index >= 15 is 0 Å². The Morgan fingerprint density at radius 1 is 1.31 bits per heavy atom. The maximum absolute atomic E-state index is 11.8. The van der Waals surface area contributed by atoms with E-state index in [9.17, 15) is 8.42 Å².